The van der Waals surface area contributed by atoms with E-state index in [1.165, 1.54) is 6.26 Å². The number of nitrogens with zero attached hydrogens (tertiary/aromatic N) is 1. The molecule has 126 valence electrons. The van der Waals surface area contributed by atoms with Crippen molar-refractivity contribution in [3.05, 3.63) is 24.2 Å². The van der Waals surface area contributed by atoms with Crippen LogP contribution in [-0.2, 0) is 20.9 Å². The quantitative estimate of drug-likeness (QED) is 0.753. The first-order valence-electron chi connectivity index (χ1n) is 7.84. The summed E-state index contributed by atoms with van der Waals surface area (Å²) < 4.78 is 5.21. The van der Waals surface area contributed by atoms with E-state index in [1.807, 2.05) is 6.92 Å². The number of likely N-dealkylation sites (tertiary alicyclic amines) is 1. The Morgan fingerprint density at radius 3 is 2.91 bits per heavy atom. The molecule has 1 aliphatic heterocycles. The van der Waals surface area contributed by atoms with Gasteiger partial charge < -0.3 is 19.7 Å². The Bertz CT molecular complexity index is 555. The van der Waals surface area contributed by atoms with Crippen LogP contribution < -0.4 is 5.32 Å². The van der Waals surface area contributed by atoms with Crippen LogP contribution in [0.15, 0.2) is 22.8 Å². The highest BCUT2D eigenvalue weighted by Crippen LogP contribution is 2.21. The molecule has 1 aliphatic rings. The second kappa shape index (κ2) is 7.80. The van der Waals surface area contributed by atoms with Crippen LogP contribution in [0.4, 0.5) is 0 Å². The highest BCUT2D eigenvalue weighted by atomic mass is 16.4. The lowest BCUT2D eigenvalue weighted by Gasteiger charge is -2.18. The van der Waals surface area contributed by atoms with Gasteiger partial charge in [0.25, 0.3) is 0 Å². The van der Waals surface area contributed by atoms with E-state index in [2.05, 4.69) is 5.32 Å². The Morgan fingerprint density at radius 2 is 2.30 bits per heavy atom. The van der Waals surface area contributed by atoms with Crippen LogP contribution >= 0.6 is 0 Å². The van der Waals surface area contributed by atoms with Crippen LogP contribution in [0.25, 0.3) is 0 Å². The summed E-state index contributed by atoms with van der Waals surface area (Å²) in [6.07, 6.45) is 3.62. The number of carbonyl (C=O) groups is 3. The molecule has 7 nitrogen and oxygen atoms in total. The van der Waals surface area contributed by atoms with E-state index in [0.29, 0.717) is 18.7 Å². The fraction of sp³-hybridized carbons (Fsp3) is 0.562. The fourth-order valence-electron chi connectivity index (χ4n) is 2.65. The largest absolute Gasteiger partial charge is 0.480 e. The highest BCUT2D eigenvalue weighted by Gasteiger charge is 2.36. The van der Waals surface area contributed by atoms with Gasteiger partial charge in [0, 0.05) is 13.0 Å². The van der Waals surface area contributed by atoms with Gasteiger partial charge in [-0.15, -0.1) is 0 Å². The van der Waals surface area contributed by atoms with Crippen molar-refractivity contribution >= 4 is 17.8 Å². The molecule has 2 heterocycles. The predicted molar refractivity (Wildman–Crippen MR) is 81.3 cm³/mol. The van der Waals surface area contributed by atoms with Crippen molar-refractivity contribution < 1.29 is 23.9 Å². The number of amides is 2. The number of nitrogens with one attached hydrogen (secondary N) is 1. The standard InChI is InChI=1S/C16H22N2O5/c1-2-3-6-13(16(21)22)17-15(20)11-8-14(19)18(9-11)10-12-5-4-7-23-12/h4-5,7,11,13H,2-3,6,8-10H2,1H3,(H,17,20)(H,21,22). The number of hydrogen-bond donors (Lipinski definition) is 2. The molecule has 2 atom stereocenters. The molecular weight excluding hydrogens is 300 g/mol. The molecule has 1 saturated heterocycles. The van der Waals surface area contributed by atoms with Crippen molar-refractivity contribution in [3.63, 3.8) is 0 Å². The smallest absolute Gasteiger partial charge is 0.326 e. The Hall–Kier alpha value is -2.31. The summed E-state index contributed by atoms with van der Waals surface area (Å²) in [6, 6.07) is 2.62. The third kappa shape index (κ3) is 4.58. The van der Waals surface area contributed by atoms with Crippen LogP contribution in [-0.4, -0.2) is 40.4 Å². The number of carbonyl (C=O) groups excluding carboxylic acids is 2. The second-order valence-corrected chi connectivity index (χ2v) is 5.80. The van der Waals surface area contributed by atoms with Gasteiger partial charge in [-0.05, 0) is 18.6 Å². The minimum atomic E-state index is -1.04. The molecule has 2 amide bonds. The Balaban J connectivity index is 1.90. The first kappa shape index (κ1) is 17.1. The van der Waals surface area contributed by atoms with Gasteiger partial charge in [-0.25, -0.2) is 4.79 Å². The zero-order valence-corrected chi connectivity index (χ0v) is 13.2. The monoisotopic (exact) mass is 322 g/mol. The number of carboxylic acid groups (broad SMARTS) is 1. The number of furan rings is 1. The third-order valence-electron chi connectivity index (χ3n) is 3.97. The van der Waals surface area contributed by atoms with Crippen molar-refractivity contribution in [2.24, 2.45) is 5.92 Å². The summed E-state index contributed by atoms with van der Waals surface area (Å²) in [7, 11) is 0. The molecule has 0 aromatic carbocycles. The van der Waals surface area contributed by atoms with Crippen molar-refractivity contribution in [1.29, 1.82) is 0 Å². The Morgan fingerprint density at radius 1 is 1.52 bits per heavy atom. The summed E-state index contributed by atoms with van der Waals surface area (Å²) in [4.78, 5) is 37.0. The third-order valence-corrected chi connectivity index (χ3v) is 3.97. The molecule has 7 heteroatoms. The number of carboxylic acids is 1. The maximum atomic E-state index is 12.2. The molecule has 1 fully saturated rings. The number of aliphatic carboxylic acids is 1. The average molecular weight is 322 g/mol. The Labute approximate surface area is 134 Å². The molecule has 0 spiro atoms. The van der Waals surface area contributed by atoms with E-state index >= 15 is 0 Å². The van der Waals surface area contributed by atoms with Gasteiger partial charge in [0.05, 0.1) is 18.7 Å². The van der Waals surface area contributed by atoms with Gasteiger partial charge >= 0.3 is 5.97 Å². The van der Waals surface area contributed by atoms with Crippen molar-refractivity contribution in [2.45, 2.75) is 45.2 Å². The molecule has 0 aliphatic carbocycles. The summed E-state index contributed by atoms with van der Waals surface area (Å²) in [5.41, 5.74) is 0. The van der Waals surface area contributed by atoms with Gasteiger partial charge in [0.1, 0.15) is 11.8 Å². The van der Waals surface area contributed by atoms with Crippen LogP contribution in [0, 0.1) is 5.92 Å². The van der Waals surface area contributed by atoms with Gasteiger partial charge in [-0.1, -0.05) is 19.8 Å². The summed E-state index contributed by atoms with van der Waals surface area (Å²) >= 11 is 0. The predicted octanol–water partition coefficient (Wildman–Crippen LogP) is 1.39. The topological polar surface area (TPSA) is 99.9 Å². The minimum Gasteiger partial charge on any atom is -0.480 e. The van der Waals surface area contributed by atoms with E-state index in [9.17, 15) is 14.4 Å². The number of unbranched alkanes of at least 4 members (excludes halogenated alkanes) is 1. The van der Waals surface area contributed by atoms with E-state index in [0.717, 1.165) is 12.8 Å². The molecule has 1 aromatic rings. The van der Waals surface area contributed by atoms with E-state index in [1.54, 1.807) is 17.0 Å². The van der Waals surface area contributed by atoms with Crippen LogP contribution in [0.5, 0.6) is 0 Å². The first-order valence-corrected chi connectivity index (χ1v) is 7.84. The van der Waals surface area contributed by atoms with E-state index in [-0.39, 0.29) is 24.8 Å². The fourth-order valence-corrected chi connectivity index (χ4v) is 2.65. The molecule has 0 saturated carbocycles. The summed E-state index contributed by atoms with van der Waals surface area (Å²) in [6.45, 7) is 2.57. The molecule has 2 rings (SSSR count). The molecule has 23 heavy (non-hydrogen) atoms. The van der Waals surface area contributed by atoms with Crippen molar-refractivity contribution in [3.8, 4) is 0 Å². The SMILES string of the molecule is CCCCC(NC(=O)C1CC(=O)N(Cc2ccco2)C1)C(=O)O. The van der Waals surface area contributed by atoms with Crippen molar-refractivity contribution in [2.75, 3.05) is 6.54 Å². The molecule has 0 radical (unpaired) electrons. The van der Waals surface area contributed by atoms with E-state index in [4.69, 9.17) is 9.52 Å². The summed E-state index contributed by atoms with van der Waals surface area (Å²) in [5, 5.41) is 11.7. The zero-order chi connectivity index (χ0) is 16.8. The lowest BCUT2D eigenvalue weighted by Crippen LogP contribution is -2.44. The van der Waals surface area contributed by atoms with Gasteiger partial charge in [-0.2, -0.15) is 0 Å². The lowest BCUT2D eigenvalue weighted by atomic mass is 10.1. The maximum absolute atomic E-state index is 12.2. The molecule has 2 unspecified atom stereocenters. The lowest BCUT2D eigenvalue weighted by molar-refractivity contribution is -0.142. The van der Waals surface area contributed by atoms with Crippen LogP contribution in [0.1, 0.15) is 38.4 Å². The minimum absolute atomic E-state index is 0.104. The first-order chi connectivity index (χ1) is 11.0. The van der Waals surface area contributed by atoms with E-state index < -0.39 is 17.9 Å². The summed E-state index contributed by atoms with van der Waals surface area (Å²) in [5.74, 6) is -1.39. The molecular formula is C16H22N2O5. The van der Waals surface area contributed by atoms with Gasteiger partial charge in [-0.3, -0.25) is 9.59 Å². The van der Waals surface area contributed by atoms with Crippen LogP contribution in [0.2, 0.25) is 0 Å². The van der Waals surface area contributed by atoms with Gasteiger partial charge in [0.2, 0.25) is 11.8 Å². The average Bonchev–Trinajstić information content (AvgIpc) is 3.14. The number of rotatable bonds is 8. The second-order valence-electron chi connectivity index (χ2n) is 5.80. The van der Waals surface area contributed by atoms with Gasteiger partial charge in [0.15, 0.2) is 0 Å². The van der Waals surface area contributed by atoms with Crippen molar-refractivity contribution in [1.82, 2.24) is 10.2 Å². The van der Waals surface area contributed by atoms with Crippen LogP contribution in [0.3, 0.4) is 0 Å². The molecule has 2 N–H and O–H groups in total. The Kier molecular flexibility index (Phi) is 5.78. The zero-order valence-electron chi connectivity index (χ0n) is 13.2. The normalized spacial score (nSPS) is 18.9. The molecule has 1 aromatic heterocycles. The highest BCUT2D eigenvalue weighted by molar-refractivity contribution is 5.91. The molecule has 0 bridgehead atoms. The maximum Gasteiger partial charge on any atom is 0.326 e. The number of hydrogen-bond acceptors (Lipinski definition) is 4.